The molecule has 2 saturated heterocycles. The van der Waals surface area contributed by atoms with Gasteiger partial charge in [0, 0.05) is 36.4 Å². The third-order valence-electron chi connectivity index (χ3n) is 12.3. The number of esters is 1. The standard InChI is InChI=1S/C43H67N3O11/c1-13-30-32(57-45-35(30)29-18-16-15-17-19-29)22-53-42(9)21-23(3)34(44-28(8)47)25(5)38(50)43(10,52)33(14-2)55-40(51)27(7)36(48)26(6)39(42)56-41-37(49)31(46(11)12)20-24(4)54-41/h15-19,23-27,30-33,37-39,41,49-50,52H,13-14,20-22H2,1-12H3/t23-,24-,25+,26+,27?,30?,31+,32?,33-,37-,38+,39-,41+,42-,43-/m1/s1. The molecule has 0 radical (unpaired) electrons. The average Bonchev–Trinajstić information content (AvgIpc) is 3.59. The molecule has 3 aliphatic rings. The molecule has 320 valence electrons. The molecule has 1 amide bonds. The van der Waals surface area contributed by atoms with Gasteiger partial charge in [-0.2, -0.15) is 0 Å². The van der Waals surface area contributed by atoms with Crippen LogP contribution in [-0.4, -0.2) is 130 Å². The first-order valence-corrected chi connectivity index (χ1v) is 20.5. The van der Waals surface area contributed by atoms with Crippen molar-refractivity contribution in [2.24, 2.45) is 39.7 Å². The van der Waals surface area contributed by atoms with Crippen LogP contribution in [0, 0.1) is 29.6 Å². The maximum absolute atomic E-state index is 14.5. The van der Waals surface area contributed by atoms with Crippen molar-refractivity contribution < 1.29 is 53.5 Å². The zero-order valence-corrected chi connectivity index (χ0v) is 35.9. The minimum Gasteiger partial charge on any atom is -0.459 e. The van der Waals surface area contributed by atoms with Gasteiger partial charge in [0.25, 0.3) is 0 Å². The Balaban J connectivity index is 1.87. The number of carbonyl (C=O) groups is 3. The highest BCUT2D eigenvalue weighted by Crippen LogP contribution is 2.40. The van der Waals surface area contributed by atoms with E-state index in [1.807, 2.05) is 70.1 Å². The summed E-state index contributed by atoms with van der Waals surface area (Å²) in [4.78, 5) is 53.3. The van der Waals surface area contributed by atoms with Gasteiger partial charge in [-0.15, -0.1) is 0 Å². The Bertz CT molecular complexity index is 1600. The van der Waals surface area contributed by atoms with Crippen LogP contribution in [0.1, 0.15) is 100 Å². The number of aliphatic imine (C=N–C) groups is 1. The average molecular weight is 802 g/mol. The number of nitrogens with zero attached hydrogens (tertiary/aromatic N) is 3. The fraction of sp³-hybridized carbons (Fsp3) is 0.744. The monoisotopic (exact) mass is 801 g/mol. The summed E-state index contributed by atoms with van der Waals surface area (Å²) in [5.74, 6) is -5.91. The molecule has 14 nitrogen and oxygen atoms in total. The number of amides is 1. The Morgan fingerprint density at radius 2 is 1.67 bits per heavy atom. The molecule has 3 N–H and O–H groups in total. The van der Waals surface area contributed by atoms with E-state index in [1.54, 1.807) is 27.7 Å². The normalized spacial score (nSPS) is 40.7. The largest absolute Gasteiger partial charge is 0.459 e. The Kier molecular flexibility index (Phi) is 15.8. The van der Waals surface area contributed by atoms with Crippen molar-refractivity contribution in [3.63, 3.8) is 0 Å². The Morgan fingerprint density at radius 3 is 2.25 bits per heavy atom. The molecule has 0 bridgehead atoms. The first kappa shape index (κ1) is 46.6. The number of hydrogen-bond donors (Lipinski definition) is 3. The van der Waals surface area contributed by atoms with Gasteiger partial charge in [-0.1, -0.05) is 70.1 Å². The lowest BCUT2D eigenvalue weighted by Crippen LogP contribution is -2.60. The van der Waals surface area contributed by atoms with Crippen LogP contribution in [-0.2, 0) is 38.2 Å². The fourth-order valence-electron chi connectivity index (χ4n) is 8.97. The third kappa shape index (κ3) is 10.4. The molecule has 3 heterocycles. The topological polar surface area (TPSA) is 186 Å². The van der Waals surface area contributed by atoms with E-state index in [0.717, 1.165) is 11.3 Å². The van der Waals surface area contributed by atoms with Gasteiger partial charge >= 0.3 is 5.97 Å². The molecule has 15 atom stereocenters. The number of ether oxygens (including phenoxy) is 4. The van der Waals surface area contributed by atoms with Crippen LogP contribution in [0.3, 0.4) is 0 Å². The molecule has 57 heavy (non-hydrogen) atoms. The number of rotatable bonds is 9. The summed E-state index contributed by atoms with van der Waals surface area (Å²) in [6.45, 7) is 16.7. The molecular formula is C43H67N3O11. The minimum atomic E-state index is -1.98. The van der Waals surface area contributed by atoms with E-state index in [1.165, 1.54) is 20.8 Å². The summed E-state index contributed by atoms with van der Waals surface area (Å²) in [5, 5.41) is 39.7. The van der Waals surface area contributed by atoms with Gasteiger partial charge in [0.2, 0.25) is 5.91 Å². The highest BCUT2D eigenvalue weighted by Gasteiger charge is 2.52. The van der Waals surface area contributed by atoms with Crippen LogP contribution in [0.25, 0.3) is 0 Å². The van der Waals surface area contributed by atoms with Crippen LogP contribution in [0.15, 0.2) is 40.5 Å². The van der Waals surface area contributed by atoms with Crippen molar-refractivity contribution >= 4 is 29.1 Å². The molecule has 3 aliphatic heterocycles. The van der Waals surface area contributed by atoms with Crippen LogP contribution in [0.2, 0.25) is 0 Å². The molecule has 1 aromatic rings. The third-order valence-corrected chi connectivity index (χ3v) is 12.3. The number of cyclic esters (lactones) is 1. The summed E-state index contributed by atoms with van der Waals surface area (Å²) in [6.07, 6.45) is -5.57. The van der Waals surface area contributed by atoms with Crippen molar-refractivity contribution in [2.75, 3.05) is 20.7 Å². The number of carbonyl (C=O) groups excluding carboxylic acids is 3. The molecule has 0 aromatic heterocycles. The summed E-state index contributed by atoms with van der Waals surface area (Å²) >= 11 is 0. The van der Waals surface area contributed by atoms with Crippen molar-refractivity contribution in [3.8, 4) is 0 Å². The molecule has 14 heteroatoms. The highest BCUT2D eigenvalue weighted by atomic mass is 16.7. The zero-order chi connectivity index (χ0) is 42.6. The first-order valence-electron chi connectivity index (χ1n) is 20.5. The van der Waals surface area contributed by atoms with Crippen molar-refractivity contribution in [1.82, 2.24) is 4.90 Å². The van der Waals surface area contributed by atoms with E-state index in [9.17, 15) is 29.7 Å². The molecule has 0 spiro atoms. The number of benzene rings is 1. The SMILES string of the molecule is CCC1C(c2ccccc2)=NOC1CO[C@]1(C)C[C@@H](C)C(=NC(C)=O)[C@H](C)[C@H](O)[C@](C)(O)[C@@H](CC)OC(=O)C(C)C(=O)[C@H](C)[C@H]1O[C@@H]1O[C@H](C)C[C@H](N(C)C)[C@H]1O. The summed E-state index contributed by atoms with van der Waals surface area (Å²) in [7, 11) is 3.73. The van der Waals surface area contributed by atoms with E-state index >= 15 is 0 Å². The fourth-order valence-corrected chi connectivity index (χ4v) is 8.97. The van der Waals surface area contributed by atoms with Gasteiger partial charge in [0.15, 0.2) is 18.2 Å². The smallest absolute Gasteiger partial charge is 0.316 e. The predicted octanol–water partition coefficient (Wildman–Crippen LogP) is 4.34. The van der Waals surface area contributed by atoms with Crippen molar-refractivity contribution in [1.29, 1.82) is 0 Å². The number of aliphatic hydroxyl groups is 3. The van der Waals surface area contributed by atoms with Crippen LogP contribution in [0.4, 0.5) is 0 Å². The molecule has 2 fully saturated rings. The van der Waals surface area contributed by atoms with Gasteiger partial charge in [-0.3, -0.25) is 14.4 Å². The Hall–Kier alpha value is -3.11. The summed E-state index contributed by atoms with van der Waals surface area (Å²) in [6, 6.07) is 9.42. The predicted molar refractivity (Wildman–Crippen MR) is 214 cm³/mol. The molecular weight excluding hydrogens is 734 g/mol. The first-order chi connectivity index (χ1) is 26.7. The molecule has 0 saturated carbocycles. The lowest BCUT2D eigenvalue weighted by atomic mass is 9.73. The van der Waals surface area contributed by atoms with E-state index in [-0.39, 0.29) is 43.2 Å². The number of ketones is 1. The van der Waals surface area contributed by atoms with E-state index in [0.29, 0.717) is 12.8 Å². The van der Waals surface area contributed by atoms with Crippen molar-refractivity contribution in [3.05, 3.63) is 35.9 Å². The lowest BCUT2D eigenvalue weighted by molar-refractivity contribution is -0.299. The van der Waals surface area contributed by atoms with Crippen LogP contribution < -0.4 is 0 Å². The Labute approximate surface area is 338 Å². The van der Waals surface area contributed by atoms with Crippen molar-refractivity contribution in [2.45, 2.75) is 155 Å². The number of likely N-dealkylation sites (N-methyl/N-ethyl adjacent to an activating group) is 1. The van der Waals surface area contributed by atoms with Gasteiger partial charge < -0.3 is 44.0 Å². The minimum absolute atomic E-state index is 0.00891. The zero-order valence-electron chi connectivity index (χ0n) is 35.9. The molecule has 3 unspecified atom stereocenters. The quantitative estimate of drug-likeness (QED) is 0.237. The van der Waals surface area contributed by atoms with Gasteiger partial charge in [0.05, 0.1) is 36.2 Å². The summed E-state index contributed by atoms with van der Waals surface area (Å²) in [5.41, 5.74) is -1.41. The van der Waals surface area contributed by atoms with E-state index in [2.05, 4.69) is 10.1 Å². The van der Waals surface area contributed by atoms with Crippen LogP contribution >= 0.6 is 0 Å². The molecule has 1 aromatic carbocycles. The van der Waals surface area contributed by atoms with E-state index in [4.69, 9.17) is 23.8 Å². The van der Waals surface area contributed by atoms with E-state index < -0.39 is 89.3 Å². The second-order valence-electron chi connectivity index (χ2n) is 17.1. The number of oxime groups is 1. The second kappa shape index (κ2) is 19.3. The number of Topliss-reactive ketones (excluding diaryl/α,β-unsaturated/α-hetero) is 1. The number of aliphatic hydroxyl groups excluding tert-OH is 2. The van der Waals surface area contributed by atoms with Gasteiger partial charge in [-0.05, 0) is 79.0 Å². The highest BCUT2D eigenvalue weighted by molar-refractivity contribution is 6.03. The van der Waals surface area contributed by atoms with Gasteiger partial charge in [0.1, 0.15) is 23.7 Å². The summed E-state index contributed by atoms with van der Waals surface area (Å²) < 4.78 is 25.8. The van der Waals surface area contributed by atoms with Crippen LogP contribution in [0.5, 0.6) is 0 Å². The maximum atomic E-state index is 14.5. The molecule has 0 aliphatic carbocycles. The number of hydrogen-bond acceptors (Lipinski definition) is 13. The second-order valence-corrected chi connectivity index (χ2v) is 17.1. The molecule has 4 rings (SSSR count). The lowest BCUT2D eigenvalue weighted by Gasteiger charge is -2.48. The Morgan fingerprint density at radius 1 is 1.02 bits per heavy atom. The van der Waals surface area contributed by atoms with Gasteiger partial charge in [-0.25, -0.2) is 4.99 Å². The maximum Gasteiger partial charge on any atom is 0.316 e.